The van der Waals surface area contributed by atoms with Crippen molar-refractivity contribution in [1.29, 1.82) is 0 Å². The summed E-state index contributed by atoms with van der Waals surface area (Å²) in [5.74, 6) is 0.314. The molecule has 0 aliphatic carbocycles. The number of phosphoric ester groups is 1. The molecule has 0 heterocycles. The third kappa shape index (κ3) is 21.6. The number of hydrogen-bond donors (Lipinski definition) is 1. The molecule has 1 unspecified atom stereocenters. The van der Waals surface area contributed by atoms with Crippen LogP contribution in [0.4, 0.5) is 0 Å². The van der Waals surface area contributed by atoms with Crippen LogP contribution in [0.5, 0.6) is 5.75 Å². The second-order valence-electron chi connectivity index (χ2n) is 13.2. The maximum absolute atomic E-state index is 14.3. The second kappa shape index (κ2) is 29.3. The van der Waals surface area contributed by atoms with Gasteiger partial charge < -0.3 is 5.11 Å². The van der Waals surface area contributed by atoms with Gasteiger partial charge in [0.2, 0.25) is 0 Å². The summed E-state index contributed by atoms with van der Waals surface area (Å²) < 4.78 is 32.8. The summed E-state index contributed by atoms with van der Waals surface area (Å²) in [6.45, 7) is 9.70. The van der Waals surface area contributed by atoms with Crippen molar-refractivity contribution >= 4 is 7.82 Å². The van der Waals surface area contributed by atoms with Gasteiger partial charge in [0.05, 0.1) is 19.3 Å². The van der Waals surface area contributed by atoms with E-state index in [0.717, 1.165) is 75.3 Å². The zero-order valence-corrected chi connectivity index (χ0v) is 31.0. The minimum atomic E-state index is -3.79. The predicted octanol–water partition coefficient (Wildman–Crippen LogP) is 14.0. The first kappa shape index (κ1) is 42.2. The molecular formula is C39H73O5P. The van der Waals surface area contributed by atoms with E-state index in [0.29, 0.717) is 19.0 Å². The van der Waals surface area contributed by atoms with Gasteiger partial charge in [-0.1, -0.05) is 175 Å². The molecule has 1 rings (SSSR count). The molecule has 0 fully saturated rings. The van der Waals surface area contributed by atoms with Gasteiger partial charge >= 0.3 is 7.82 Å². The van der Waals surface area contributed by atoms with E-state index in [1.165, 1.54) is 103 Å². The smallest absolute Gasteiger partial charge is 0.475 e. The number of rotatable bonds is 33. The molecule has 5 nitrogen and oxygen atoms in total. The Labute approximate surface area is 279 Å². The van der Waals surface area contributed by atoms with Gasteiger partial charge in [-0.3, -0.25) is 13.6 Å². The van der Waals surface area contributed by atoms with Gasteiger partial charge in [-0.15, -0.1) is 0 Å². The van der Waals surface area contributed by atoms with Crippen LogP contribution in [0.3, 0.4) is 0 Å². The number of phenols is 1. The topological polar surface area (TPSA) is 65.0 Å². The third-order valence-corrected chi connectivity index (χ3v) is 10.4. The molecule has 1 aromatic rings. The lowest BCUT2D eigenvalue weighted by Crippen LogP contribution is -2.11. The highest BCUT2D eigenvalue weighted by Gasteiger charge is 2.33. The van der Waals surface area contributed by atoms with Crippen LogP contribution in [0.1, 0.15) is 205 Å². The van der Waals surface area contributed by atoms with Gasteiger partial charge in [-0.05, 0) is 49.3 Å². The Morgan fingerprint density at radius 3 is 1.49 bits per heavy atom. The van der Waals surface area contributed by atoms with E-state index < -0.39 is 13.9 Å². The Kier molecular flexibility index (Phi) is 27.4. The second-order valence-corrected chi connectivity index (χ2v) is 14.8. The Bertz CT molecular complexity index is 823. The van der Waals surface area contributed by atoms with E-state index in [4.69, 9.17) is 13.6 Å². The van der Waals surface area contributed by atoms with E-state index in [2.05, 4.69) is 33.8 Å². The van der Waals surface area contributed by atoms with Crippen molar-refractivity contribution in [3.8, 4) is 5.75 Å². The van der Waals surface area contributed by atoms with E-state index in [9.17, 15) is 9.67 Å². The lowest BCUT2D eigenvalue weighted by molar-refractivity contribution is 0.0703. The van der Waals surface area contributed by atoms with Gasteiger partial charge in [-0.25, -0.2) is 4.57 Å². The van der Waals surface area contributed by atoms with Gasteiger partial charge in [0.25, 0.3) is 0 Å². The Balaban J connectivity index is 3.03. The third-order valence-electron chi connectivity index (χ3n) is 8.89. The molecule has 0 aliphatic heterocycles. The minimum Gasteiger partial charge on any atom is -0.508 e. The molecule has 0 amide bonds. The van der Waals surface area contributed by atoms with Crippen molar-refractivity contribution in [2.75, 3.05) is 13.2 Å². The number of unbranched alkanes of at least 4 members (excludes halogenated alkanes) is 20. The molecule has 0 aromatic heterocycles. The largest absolute Gasteiger partial charge is 0.508 e. The zero-order valence-electron chi connectivity index (χ0n) is 30.1. The van der Waals surface area contributed by atoms with Crippen molar-refractivity contribution in [1.82, 2.24) is 0 Å². The monoisotopic (exact) mass is 653 g/mol. The molecule has 264 valence electrons. The highest BCUT2D eigenvalue weighted by atomic mass is 31.2. The number of hydrogen-bond acceptors (Lipinski definition) is 5. The van der Waals surface area contributed by atoms with Crippen LogP contribution in [0.15, 0.2) is 18.2 Å². The molecule has 6 heteroatoms. The maximum atomic E-state index is 14.3. The lowest BCUT2D eigenvalue weighted by atomic mass is 9.93. The van der Waals surface area contributed by atoms with Crippen LogP contribution < -0.4 is 0 Å². The average molecular weight is 653 g/mol. The molecule has 1 aromatic carbocycles. The molecule has 1 atom stereocenters. The zero-order chi connectivity index (χ0) is 32.9. The van der Waals surface area contributed by atoms with Crippen molar-refractivity contribution < 1.29 is 23.2 Å². The Hall–Kier alpha value is -0.870. The van der Waals surface area contributed by atoms with Gasteiger partial charge in [-0.2, -0.15) is 0 Å². The fourth-order valence-electron chi connectivity index (χ4n) is 5.99. The number of aromatic hydroxyl groups is 1. The lowest BCUT2D eigenvalue weighted by Gasteiger charge is -2.26. The molecule has 0 saturated carbocycles. The normalized spacial score (nSPS) is 12.6. The summed E-state index contributed by atoms with van der Waals surface area (Å²) in [4.78, 5) is 0. The number of benzene rings is 1. The fraction of sp³-hybridized carbons (Fsp3) is 0.846. The molecule has 45 heavy (non-hydrogen) atoms. The highest BCUT2D eigenvalue weighted by molar-refractivity contribution is 7.48. The van der Waals surface area contributed by atoms with Crippen LogP contribution in [0, 0.1) is 0 Å². The predicted molar refractivity (Wildman–Crippen MR) is 193 cm³/mol. The quantitative estimate of drug-likeness (QED) is 0.0604. The minimum absolute atomic E-state index is 0.314. The number of phosphoric acid groups is 1. The van der Waals surface area contributed by atoms with Gasteiger partial charge in [0.1, 0.15) is 5.75 Å². The molecular weight excluding hydrogens is 579 g/mol. The summed E-state index contributed by atoms with van der Waals surface area (Å²) in [6, 6.07) is 5.73. The highest BCUT2D eigenvalue weighted by Crippen LogP contribution is 2.55. The first-order valence-corrected chi connectivity index (χ1v) is 20.9. The summed E-state index contributed by atoms with van der Waals surface area (Å²) in [5, 5.41) is 11.0. The van der Waals surface area contributed by atoms with Crippen molar-refractivity contribution in [3.63, 3.8) is 0 Å². The maximum Gasteiger partial charge on any atom is 0.475 e. The standard InChI is InChI=1S/C39H73O5P/c1-5-9-13-17-20-22-25-30-36-37(31-29-32-38(36)40)39(33-26-21-16-12-8-4)44-45(41,42-34-27-23-18-14-10-6-2)43-35-28-24-19-15-11-7-3/h29,31-32,39-40H,5-28,30,33-35H2,1-4H3. The van der Waals surface area contributed by atoms with E-state index in [-0.39, 0.29) is 0 Å². The summed E-state index contributed by atoms with van der Waals surface area (Å²) in [7, 11) is -3.79. The SMILES string of the molecule is CCCCCCCCCc1c(O)cccc1C(CCCCCCC)OP(=O)(OCCCCCCCC)OCCCCCCCC. The molecule has 1 N–H and O–H groups in total. The molecule has 0 spiro atoms. The molecule has 0 saturated heterocycles. The van der Waals surface area contributed by atoms with Crippen LogP contribution in [0.2, 0.25) is 0 Å². The fourth-order valence-corrected chi connectivity index (χ4v) is 7.43. The van der Waals surface area contributed by atoms with Crippen molar-refractivity contribution in [2.24, 2.45) is 0 Å². The van der Waals surface area contributed by atoms with Crippen molar-refractivity contribution in [3.05, 3.63) is 29.3 Å². The first-order chi connectivity index (χ1) is 22.0. The van der Waals surface area contributed by atoms with E-state index in [1.54, 1.807) is 6.07 Å². The van der Waals surface area contributed by atoms with E-state index in [1.807, 2.05) is 6.07 Å². The molecule has 0 radical (unpaired) electrons. The van der Waals surface area contributed by atoms with Crippen molar-refractivity contribution in [2.45, 2.75) is 201 Å². The summed E-state index contributed by atoms with van der Waals surface area (Å²) in [5.41, 5.74) is 1.88. The van der Waals surface area contributed by atoms with Gasteiger partial charge in [0.15, 0.2) is 0 Å². The van der Waals surface area contributed by atoms with E-state index >= 15 is 0 Å². The summed E-state index contributed by atoms with van der Waals surface area (Å²) >= 11 is 0. The average Bonchev–Trinajstić information content (AvgIpc) is 3.03. The Morgan fingerprint density at radius 2 is 1.00 bits per heavy atom. The van der Waals surface area contributed by atoms with Gasteiger partial charge in [0, 0.05) is 0 Å². The van der Waals surface area contributed by atoms with Crippen LogP contribution >= 0.6 is 7.82 Å². The van der Waals surface area contributed by atoms with Crippen LogP contribution in [0.25, 0.3) is 0 Å². The number of phenolic OH excluding ortho intramolecular Hbond substituents is 1. The summed E-state index contributed by atoms with van der Waals surface area (Å²) in [6.07, 6.45) is 29.0. The first-order valence-electron chi connectivity index (χ1n) is 19.4. The Morgan fingerprint density at radius 1 is 0.578 bits per heavy atom. The van der Waals surface area contributed by atoms with Crippen LogP contribution in [-0.2, 0) is 24.6 Å². The van der Waals surface area contributed by atoms with Crippen LogP contribution in [-0.4, -0.2) is 18.3 Å². The molecule has 0 aliphatic rings. The molecule has 0 bridgehead atoms.